The Labute approximate surface area is 261 Å². The summed E-state index contributed by atoms with van der Waals surface area (Å²) in [5.74, 6) is 1.15. The van der Waals surface area contributed by atoms with E-state index in [2.05, 4.69) is 42.7 Å². The molecular weight excluding hydrogens is 583 g/mol. The number of anilines is 4. The molecule has 0 spiro atoms. The van der Waals surface area contributed by atoms with E-state index in [0.29, 0.717) is 53.2 Å². The van der Waals surface area contributed by atoms with Crippen molar-refractivity contribution in [2.24, 2.45) is 0 Å². The number of halogens is 2. The van der Waals surface area contributed by atoms with E-state index in [1.165, 1.54) is 18.2 Å². The monoisotopic (exact) mass is 618 g/mol. The van der Waals surface area contributed by atoms with Crippen LogP contribution in [0.25, 0.3) is 11.3 Å². The van der Waals surface area contributed by atoms with Crippen LogP contribution in [0, 0.1) is 5.82 Å². The van der Waals surface area contributed by atoms with Gasteiger partial charge in [0, 0.05) is 81.3 Å². The summed E-state index contributed by atoms with van der Waals surface area (Å²) in [6.07, 6.45) is 2.00. The molecule has 12 heteroatoms. The summed E-state index contributed by atoms with van der Waals surface area (Å²) in [5, 5.41) is 15.5. The first-order valence-corrected chi connectivity index (χ1v) is 14.8. The normalized spacial score (nSPS) is 13.8. The zero-order valence-corrected chi connectivity index (χ0v) is 25.8. The van der Waals surface area contributed by atoms with Gasteiger partial charge in [-0.1, -0.05) is 23.7 Å². The van der Waals surface area contributed by atoms with Gasteiger partial charge in [-0.05, 0) is 55.1 Å². The molecule has 2 aromatic heterocycles. The zero-order chi connectivity index (χ0) is 31.1. The van der Waals surface area contributed by atoms with Crippen LogP contribution >= 0.6 is 11.6 Å². The summed E-state index contributed by atoms with van der Waals surface area (Å²) < 4.78 is 20.2. The van der Waals surface area contributed by atoms with Crippen molar-refractivity contribution in [1.82, 2.24) is 25.0 Å². The molecular formula is C32H36ClFN8O2. The first kappa shape index (κ1) is 31.1. The van der Waals surface area contributed by atoms with Gasteiger partial charge in [0.2, 0.25) is 5.91 Å². The molecule has 0 atom stereocenters. The van der Waals surface area contributed by atoms with Gasteiger partial charge in [-0.15, -0.1) is 10.2 Å². The van der Waals surface area contributed by atoms with E-state index in [1.807, 2.05) is 36.2 Å². The lowest BCUT2D eigenvalue weighted by molar-refractivity contribution is -0.116. The van der Waals surface area contributed by atoms with Crippen LogP contribution in [-0.4, -0.2) is 84.8 Å². The molecule has 1 fully saturated rings. The molecule has 0 unspecified atom stereocenters. The summed E-state index contributed by atoms with van der Waals surface area (Å²) in [6.45, 7) is 5.13. The third-order valence-electron chi connectivity index (χ3n) is 7.45. The van der Waals surface area contributed by atoms with Crippen LogP contribution < -0.4 is 20.3 Å². The first-order valence-electron chi connectivity index (χ1n) is 14.4. The Morgan fingerprint density at radius 2 is 1.89 bits per heavy atom. The van der Waals surface area contributed by atoms with Crippen molar-refractivity contribution in [3.63, 3.8) is 0 Å². The third-order valence-corrected chi connectivity index (χ3v) is 7.69. The lowest BCUT2D eigenvalue weighted by Crippen LogP contribution is -2.45. The Kier molecular flexibility index (Phi) is 10.2. The molecule has 2 aromatic carbocycles. The summed E-state index contributed by atoms with van der Waals surface area (Å²) in [5.41, 5.74) is 2.81. The fourth-order valence-electron chi connectivity index (χ4n) is 4.97. The zero-order valence-electron chi connectivity index (χ0n) is 25.1. The summed E-state index contributed by atoms with van der Waals surface area (Å²) in [6, 6.07) is 17.3. The molecule has 3 heterocycles. The van der Waals surface area contributed by atoms with Gasteiger partial charge in [0.05, 0.1) is 18.5 Å². The molecule has 2 N–H and O–H groups in total. The molecule has 0 radical (unpaired) electrons. The molecule has 0 saturated carbocycles. The second-order valence-electron chi connectivity index (χ2n) is 10.8. The van der Waals surface area contributed by atoms with Crippen LogP contribution in [-0.2, 0) is 11.3 Å². The fourth-order valence-corrected chi connectivity index (χ4v) is 5.14. The van der Waals surface area contributed by atoms with Crippen LogP contribution in [0.2, 0.25) is 5.02 Å². The number of likely N-dealkylation sites (N-methyl/N-ethyl adjacent to an activating group) is 1. The second-order valence-corrected chi connectivity index (χ2v) is 11.2. The first-order chi connectivity index (χ1) is 21.3. The number of benzene rings is 2. The number of piperazine rings is 1. The molecule has 0 aliphatic carbocycles. The summed E-state index contributed by atoms with van der Waals surface area (Å²) >= 11 is 6.17. The summed E-state index contributed by atoms with van der Waals surface area (Å²) in [7, 11) is 5.63. The highest BCUT2D eigenvalue weighted by atomic mass is 35.5. The highest BCUT2D eigenvalue weighted by Crippen LogP contribution is 2.33. The fraction of sp³-hybridized carbons (Fsp3) is 0.312. The van der Waals surface area contributed by atoms with Crippen LogP contribution in [0.3, 0.4) is 0 Å². The minimum absolute atomic E-state index is 0.100. The number of ether oxygens (including phenoxy) is 1. The minimum Gasteiger partial charge on any atom is -0.497 e. The predicted octanol–water partition coefficient (Wildman–Crippen LogP) is 5.30. The maximum atomic E-state index is 14.8. The number of rotatable bonds is 11. The Morgan fingerprint density at radius 3 is 2.68 bits per heavy atom. The largest absolute Gasteiger partial charge is 0.497 e. The van der Waals surface area contributed by atoms with Crippen LogP contribution in [0.4, 0.5) is 27.4 Å². The molecule has 4 aromatic rings. The Hall–Kier alpha value is -4.32. The van der Waals surface area contributed by atoms with E-state index in [0.717, 1.165) is 37.5 Å². The molecule has 230 valence electrons. The molecule has 1 aliphatic heterocycles. The van der Waals surface area contributed by atoms with Gasteiger partial charge in [-0.3, -0.25) is 4.79 Å². The van der Waals surface area contributed by atoms with Gasteiger partial charge in [0.15, 0.2) is 5.82 Å². The van der Waals surface area contributed by atoms with Crippen molar-refractivity contribution in [1.29, 1.82) is 0 Å². The molecule has 10 nitrogen and oxygen atoms in total. The molecule has 5 rings (SSSR count). The Bertz CT molecular complexity index is 1600. The summed E-state index contributed by atoms with van der Waals surface area (Å²) in [4.78, 5) is 23.6. The minimum atomic E-state index is -0.461. The molecule has 0 bridgehead atoms. The van der Waals surface area contributed by atoms with Crippen molar-refractivity contribution >= 4 is 40.5 Å². The quantitative estimate of drug-likeness (QED) is 0.232. The molecule has 1 amide bonds. The van der Waals surface area contributed by atoms with E-state index in [4.69, 9.17) is 16.3 Å². The number of methoxy groups -OCH3 is 1. The van der Waals surface area contributed by atoms with Gasteiger partial charge >= 0.3 is 0 Å². The van der Waals surface area contributed by atoms with Gasteiger partial charge in [0.25, 0.3) is 0 Å². The Balaban J connectivity index is 1.36. The highest BCUT2D eigenvalue weighted by molar-refractivity contribution is 6.30. The number of hydrogen-bond donors (Lipinski definition) is 2. The van der Waals surface area contributed by atoms with Crippen molar-refractivity contribution in [2.75, 3.05) is 69.5 Å². The van der Waals surface area contributed by atoms with Crippen molar-refractivity contribution in [2.45, 2.75) is 13.0 Å². The predicted molar refractivity (Wildman–Crippen MR) is 172 cm³/mol. The van der Waals surface area contributed by atoms with Crippen LogP contribution in [0.15, 0.2) is 66.9 Å². The smallest absolute Gasteiger partial charge is 0.226 e. The van der Waals surface area contributed by atoms with Gasteiger partial charge in [-0.2, -0.15) is 0 Å². The van der Waals surface area contributed by atoms with Gasteiger partial charge < -0.3 is 30.1 Å². The van der Waals surface area contributed by atoms with E-state index in [9.17, 15) is 9.18 Å². The molecule has 1 aliphatic rings. The van der Waals surface area contributed by atoms with Crippen LogP contribution in [0.1, 0.15) is 12.0 Å². The lowest BCUT2D eigenvalue weighted by Gasteiger charge is -2.32. The van der Waals surface area contributed by atoms with E-state index >= 15 is 0 Å². The number of hydrogen-bond acceptors (Lipinski definition) is 9. The number of amides is 1. The van der Waals surface area contributed by atoms with Crippen molar-refractivity contribution in [3.05, 3.63) is 83.3 Å². The average molecular weight is 619 g/mol. The lowest BCUT2D eigenvalue weighted by atomic mass is 10.1. The SMILES string of the molecule is COc1cccc(CN(C)c2nnc(-c3cc(Cl)ccc3F)cc2Nc2ccnc(NC(=O)CCN3CCN(C)CC3)c2)c1. The average Bonchev–Trinajstić information content (AvgIpc) is 3.02. The molecule has 44 heavy (non-hydrogen) atoms. The van der Waals surface area contributed by atoms with Crippen molar-refractivity contribution in [3.8, 4) is 17.0 Å². The molecule has 1 saturated heterocycles. The Morgan fingerprint density at radius 1 is 1.07 bits per heavy atom. The number of nitrogens with zero attached hydrogens (tertiary/aromatic N) is 6. The van der Waals surface area contributed by atoms with E-state index in [1.54, 1.807) is 31.5 Å². The number of pyridine rings is 1. The van der Waals surface area contributed by atoms with Crippen molar-refractivity contribution < 1.29 is 13.9 Å². The maximum Gasteiger partial charge on any atom is 0.226 e. The number of aromatic nitrogens is 3. The topological polar surface area (TPSA) is 98.8 Å². The number of nitrogens with one attached hydrogen (secondary N) is 2. The standard InChI is InChI=1S/C32H36ClFN8O2/c1-40-13-15-42(16-14-40)12-10-31(43)37-30-19-24(9-11-35-30)36-29-20-28(26-18-23(33)7-8-27(26)34)38-39-32(29)41(2)21-22-5-4-6-25(17-22)44-3/h4-9,11,17-20H,10,12-16,21H2,1-3H3,(H2,35,36,37,38,43). The number of carbonyl (C=O) groups excluding carboxylic acids is 1. The van der Waals surface area contributed by atoms with E-state index < -0.39 is 5.82 Å². The highest BCUT2D eigenvalue weighted by Gasteiger charge is 2.18. The second kappa shape index (κ2) is 14.4. The van der Waals surface area contributed by atoms with Gasteiger partial charge in [0.1, 0.15) is 17.4 Å². The van der Waals surface area contributed by atoms with Gasteiger partial charge in [-0.25, -0.2) is 9.37 Å². The maximum absolute atomic E-state index is 14.8. The van der Waals surface area contributed by atoms with Crippen LogP contribution in [0.5, 0.6) is 5.75 Å². The number of carbonyl (C=O) groups is 1. The van der Waals surface area contributed by atoms with E-state index in [-0.39, 0.29) is 11.5 Å². The third kappa shape index (κ3) is 8.19.